The van der Waals surface area contributed by atoms with Crippen molar-refractivity contribution in [3.63, 3.8) is 0 Å². The van der Waals surface area contributed by atoms with Gasteiger partial charge in [-0.25, -0.2) is 0 Å². The molecule has 0 atom stereocenters. The Morgan fingerprint density at radius 2 is 2.14 bits per heavy atom. The van der Waals surface area contributed by atoms with Crippen molar-refractivity contribution in [2.24, 2.45) is 0 Å². The highest BCUT2D eigenvalue weighted by atomic mass is 16.5. The summed E-state index contributed by atoms with van der Waals surface area (Å²) in [4.78, 5) is 13.1. The van der Waals surface area contributed by atoms with Gasteiger partial charge in [0.2, 0.25) is 5.91 Å². The molecule has 0 radical (unpaired) electrons. The van der Waals surface area contributed by atoms with E-state index in [4.69, 9.17) is 4.74 Å². The van der Waals surface area contributed by atoms with Gasteiger partial charge in [-0.3, -0.25) is 4.79 Å². The minimum atomic E-state index is 0.183. The number of aryl methyl sites for hydroxylation is 1. The van der Waals surface area contributed by atoms with Crippen LogP contribution in [0.3, 0.4) is 0 Å². The van der Waals surface area contributed by atoms with Gasteiger partial charge in [-0.05, 0) is 30.2 Å². The zero-order valence-electron chi connectivity index (χ0n) is 8.41. The molecule has 0 saturated heterocycles. The first-order chi connectivity index (χ1) is 6.72. The van der Waals surface area contributed by atoms with Gasteiger partial charge in [-0.1, -0.05) is 0 Å². The Morgan fingerprint density at radius 1 is 1.36 bits per heavy atom. The van der Waals surface area contributed by atoms with E-state index in [2.05, 4.69) is 0 Å². The van der Waals surface area contributed by atoms with Crippen LogP contribution in [0.2, 0.25) is 0 Å². The molecule has 2 rings (SSSR count). The van der Waals surface area contributed by atoms with Crippen LogP contribution < -0.4 is 9.64 Å². The molecule has 0 aromatic heterocycles. The Balaban J connectivity index is 2.43. The summed E-state index contributed by atoms with van der Waals surface area (Å²) in [5.74, 6) is 1.04. The first-order valence-electron chi connectivity index (χ1n) is 4.66. The van der Waals surface area contributed by atoms with E-state index < -0.39 is 0 Å². The normalized spacial score (nSPS) is 15.3. The van der Waals surface area contributed by atoms with E-state index in [9.17, 15) is 4.79 Å². The number of rotatable bonds is 1. The van der Waals surface area contributed by atoms with E-state index in [1.54, 1.807) is 12.0 Å². The van der Waals surface area contributed by atoms with Gasteiger partial charge in [-0.15, -0.1) is 0 Å². The van der Waals surface area contributed by atoms with Crippen LogP contribution in [-0.4, -0.2) is 20.1 Å². The molecule has 0 N–H and O–H groups in total. The third-order valence-corrected chi connectivity index (χ3v) is 2.63. The molecule has 1 heterocycles. The maximum atomic E-state index is 11.4. The Morgan fingerprint density at radius 3 is 2.86 bits per heavy atom. The molecule has 14 heavy (non-hydrogen) atoms. The third-order valence-electron chi connectivity index (χ3n) is 2.63. The minimum Gasteiger partial charge on any atom is -0.497 e. The van der Waals surface area contributed by atoms with Crippen LogP contribution >= 0.6 is 0 Å². The number of hydrogen-bond acceptors (Lipinski definition) is 2. The number of anilines is 1. The Bertz CT molecular complexity index is 374. The van der Waals surface area contributed by atoms with Crippen molar-refractivity contribution in [3.8, 4) is 5.75 Å². The minimum absolute atomic E-state index is 0.183. The lowest BCUT2D eigenvalue weighted by molar-refractivity contribution is -0.118. The molecule has 0 bridgehead atoms. The van der Waals surface area contributed by atoms with Gasteiger partial charge in [0.15, 0.2) is 0 Å². The van der Waals surface area contributed by atoms with E-state index in [0.29, 0.717) is 6.42 Å². The average molecular weight is 191 g/mol. The highest BCUT2D eigenvalue weighted by Crippen LogP contribution is 2.29. The highest BCUT2D eigenvalue weighted by Gasteiger charge is 2.20. The monoisotopic (exact) mass is 191 g/mol. The number of ether oxygens (including phenoxy) is 1. The molecule has 1 aliphatic heterocycles. The number of benzene rings is 1. The fraction of sp³-hybridized carbons (Fsp3) is 0.364. The van der Waals surface area contributed by atoms with Gasteiger partial charge in [0.25, 0.3) is 0 Å². The quantitative estimate of drug-likeness (QED) is 0.674. The lowest BCUT2D eigenvalue weighted by atomic mass is 10.0. The molecule has 3 heteroatoms. The van der Waals surface area contributed by atoms with Gasteiger partial charge in [0, 0.05) is 19.2 Å². The second-order valence-corrected chi connectivity index (χ2v) is 3.45. The highest BCUT2D eigenvalue weighted by molar-refractivity contribution is 5.95. The number of carbonyl (C=O) groups is 1. The molecular weight excluding hydrogens is 178 g/mol. The zero-order valence-corrected chi connectivity index (χ0v) is 8.41. The van der Waals surface area contributed by atoms with Gasteiger partial charge >= 0.3 is 0 Å². The summed E-state index contributed by atoms with van der Waals surface area (Å²) in [6.07, 6.45) is 1.41. The smallest absolute Gasteiger partial charge is 0.227 e. The summed E-state index contributed by atoms with van der Waals surface area (Å²) in [7, 11) is 3.46. The zero-order chi connectivity index (χ0) is 10.1. The molecule has 0 fully saturated rings. The molecule has 1 amide bonds. The molecule has 0 aliphatic carbocycles. The summed E-state index contributed by atoms with van der Waals surface area (Å²) < 4.78 is 5.14. The van der Waals surface area contributed by atoms with Crippen LogP contribution in [0.1, 0.15) is 12.0 Å². The number of fused-ring (bicyclic) bond motifs is 1. The summed E-state index contributed by atoms with van der Waals surface area (Å²) in [6.45, 7) is 0. The standard InChI is InChI=1S/C11H13NO2/c1-12-10-5-4-9(14-2)7-8(10)3-6-11(12)13/h4-5,7H,3,6H2,1-2H3. The van der Waals surface area contributed by atoms with E-state index in [1.807, 2.05) is 25.2 Å². The molecule has 0 saturated carbocycles. The fourth-order valence-electron chi connectivity index (χ4n) is 1.76. The second-order valence-electron chi connectivity index (χ2n) is 3.45. The van der Waals surface area contributed by atoms with Gasteiger partial charge < -0.3 is 9.64 Å². The molecule has 0 unspecified atom stereocenters. The van der Waals surface area contributed by atoms with E-state index in [-0.39, 0.29) is 5.91 Å². The van der Waals surface area contributed by atoms with Crippen molar-refractivity contribution in [1.82, 2.24) is 0 Å². The maximum absolute atomic E-state index is 11.4. The number of amides is 1. The SMILES string of the molecule is COc1ccc2c(c1)CCC(=O)N2C. The van der Waals surface area contributed by atoms with E-state index in [1.165, 1.54) is 5.56 Å². The van der Waals surface area contributed by atoms with Crippen molar-refractivity contribution in [1.29, 1.82) is 0 Å². The van der Waals surface area contributed by atoms with Gasteiger partial charge in [-0.2, -0.15) is 0 Å². The number of methoxy groups -OCH3 is 1. The van der Waals surface area contributed by atoms with Crippen molar-refractivity contribution < 1.29 is 9.53 Å². The van der Waals surface area contributed by atoms with Crippen LogP contribution in [0.25, 0.3) is 0 Å². The molecule has 1 aromatic rings. The predicted molar refractivity (Wildman–Crippen MR) is 54.7 cm³/mol. The second kappa shape index (κ2) is 3.33. The number of carbonyl (C=O) groups excluding carboxylic acids is 1. The molecule has 74 valence electrons. The predicted octanol–water partition coefficient (Wildman–Crippen LogP) is 1.60. The third kappa shape index (κ3) is 1.35. The molecule has 3 nitrogen and oxygen atoms in total. The molecule has 0 spiro atoms. The van der Waals surface area contributed by atoms with Gasteiger partial charge in [0.05, 0.1) is 7.11 Å². The van der Waals surface area contributed by atoms with E-state index in [0.717, 1.165) is 17.9 Å². The van der Waals surface area contributed by atoms with Crippen LogP contribution in [0.4, 0.5) is 5.69 Å². The lowest BCUT2D eigenvalue weighted by Crippen LogP contribution is -2.30. The van der Waals surface area contributed by atoms with Crippen molar-refractivity contribution in [2.75, 3.05) is 19.1 Å². The van der Waals surface area contributed by atoms with Gasteiger partial charge in [0.1, 0.15) is 5.75 Å². The number of hydrogen-bond donors (Lipinski definition) is 0. The number of nitrogens with zero attached hydrogens (tertiary/aromatic N) is 1. The summed E-state index contributed by atoms with van der Waals surface area (Å²) in [6, 6.07) is 5.82. The molecular formula is C11H13NO2. The topological polar surface area (TPSA) is 29.5 Å². The fourth-order valence-corrected chi connectivity index (χ4v) is 1.76. The van der Waals surface area contributed by atoms with Crippen molar-refractivity contribution >= 4 is 11.6 Å². The largest absolute Gasteiger partial charge is 0.497 e. The Hall–Kier alpha value is -1.51. The van der Waals surface area contributed by atoms with Crippen molar-refractivity contribution in [2.45, 2.75) is 12.8 Å². The first kappa shape index (κ1) is 9.06. The van der Waals surface area contributed by atoms with Crippen LogP contribution in [0, 0.1) is 0 Å². The lowest BCUT2D eigenvalue weighted by Gasteiger charge is -2.25. The molecule has 1 aromatic carbocycles. The summed E-state index contributed by atoms with van der Waals surface area (Å²) in [5.41, 5.74) is 2.19. The van der Waals surface area contributed by atoms with E-state index >= 15 is 0 Å². The maximum Gasteiger partial charge on any atom is 0.227 e. The van der Waals surface area contributed by atoms with Crippen LogP contribution in [0.5, 0.6) is 5.75 Å². The Labute approximate surface area is 83.3 Å². The summed E-state index contributed by atoms with van der Waals surface area (Å²) >= 11 is 0. The van der Waals surface area contributed by atoms with Crippen LogP contribution in [0.15, 0.2) is 18.2 Å². The van der Waals surface area contributed by atoms with Crippen molar-refractivity contribution in [3.05, 3.63) is 23.8 Å². The average Bonchev–Trinajstić information content (AvgIpc) is 2.23. The van der Waals surface area contributed by atoms with Crippen LogP contribution in [-0.2, 0) is 11.2 Å². The summed E-state index contributed by atoms with van der Waals surface area (Å²) in [5, 5.41) is 0. The Kier molecular flexibility index (Phi) is 2.15. The molecule has 1 aliphatic rings. The first-order valence-corrected chi connectivity index (χ1v) is 4.66.